The van der Waals surface area contributed by atoms with Crippen LogP contribution >= 0.6 is 0 Å². The van der Waals surface area contributed by atoms with E-state index in [1.54, 1.807) is 17.0 Å². The van der Waals surface area contributed by atoms with Gasteiger partial charge in [-0.2, -0.15) is 4.31 Å². The second-order valence-corrected chi connectivity index (χ2v) is 9.03. The van der Waals surface area contributed by atoms with E-state index in [0.717, 1.165) is 16.5 Å². The van der Waals surface area contributed by atoms with Gasteiger partial charge in [0, 0.05) is 30.6 Å². The predicted octanol–water partition coefficient (Wildman–Crippen LogP) is 3.53. The average molecular weight is 425 g/mol. The summed E-state index contributed by atoms with van der Waals surface area (Å²) in [4.78, 5) is 15.2. The summed E-state index contributed by atoms with van der Waals surface area (Å²) in [5, 5.41) is 2.03. The molecule has 0 spiro atoms. The van der Waals surface area contributed by atoms with E-state index >= 15 is 0 Å². The number of sulfonamides is 1. The molecule has 6 nitrogen and oxygen atoms in total. The van der Waals surface area contributed by atoms with E-state index < -0.39 is 10.0 Å². The van der Waals surface area contributed by atoms with Gasteiger partial charge in [0.1, 0.15) is 0 Å². The van der Waals surface area contributed by atoms with Crippen LogP contribution in [0.15, 0.2) is 71.6 Å². The Hall–Kier alpha value is -2.74. The van der Waals surface area contributed by atoms with Crippen LogP contribution in [0.1, 0.15) is 17.3 Å². The zero-order valence-electron chi connectivity index (χ0n) is 16.8. The molecule has 0 N–H and O–H groups in total. The molecule has 3 aromatic rings. The molecular formula is C23H24N2O4S. The number of hydrogen-bond acceptors (Lipinski definition) is 4. The molecule has 7 heteroatoms. The molecule has 1 fully saturated rings. The fraction of sp³-hybridized carbons (Fsp3) is 0.261. The summed E-state index contributed by atoms with van der Waals surface area (Å²) in [6, 6.07) is 20.0. The Balaban J connectivity index is 1.69. The highest BCUT2D eigenvalue weighted by Crippen LogP contribution is 2.28. The van der Waals surface area contributed by atoms with Crippen LogP contribution in [0.5, 0.6) is 0 Å². The number of benzene rings is 3. The van der Waals surface area contributed by atoms with Crippen molar-refractivity contribution in [3.8, 4) is 0 Å². The van der Waals surface area contributed by atoms with Crippen LogP contribution in [0.3, 0.4) is 0 Å². The first-order chi connectivity index (χ1) is 14.5. The van der Waals surface area contributed by atoms with E-state index in [1.807, 2.05) is 49.4 Å². The molecule has 0 radical (unpaired) electrons. The first-order valence-electron chi connectivity index (χ1n) is 10.00. The first-order valence-corrected chi connectivity index (χ1v) is 11.4. The minimum atomic E-state index is -3.67. The van der Waals surface area contributed by atoms with Gasteiger partial charge >= 0.3 is 0 Å². The van der Waals surface area contributed by atoms with Gasteiger partial charge in [-0.3, -0.25) is 4.79 Å². The lowest BCUT2D eigenvalue weighted by atomic mass is 10.1. The lowest BCUT2D eigenvalue weighted by Gasteiger charge is -2.26. The highest BCUT2D eigenvalue weighted by molar-refractivity contribution is 7.89. The number of amides is 1. The molecule has 0 unspecified atom stereocenters. The van der Waals surface area contributed by atoms with Crippen LogP contribution < -0.4 is 4.90 Å². The number of hydrogen-bond donors (Lipinski definition) is 0. The van der Waals surface area contributed by atoms with Gasteiger partial charge < -0.3 is 9.64 Å². The standard InChI is InChI=1S/C23H24N2O4S/c1-2-25(22-12-6-8-18-7-3-4-11-21(18)22)23(26)19-9-5-10-20(17-19)30(27,28)24-13-15-29-16-14-24/h3-12,17H,2,13-16H2,1H3. The van der Waals surface area contributed by atoms with Crippen molar-refractivity contribution in [2.75, 3.05) is 37.7 Å². The molecule has 0 saturated carbocycles. The van der Waals surface area contributed by atoms with Crippen LogP contribution in [-0.4, -0.2) is 51.5 Å². The number of rotatable bonds is 5. The molecule has 156 valence electrons. The number of fused-ring (bicyclic) bond motifs is 1. The summed E-state index contributed by atoms with van der Waals surface area (Å²) in [6.45, 7) is 3.77. The Bertz CT molecular complexity index is 1170. The van der Waals surface area contributed by atoms with Gasteiger partial charge in [0.25, 0.3) is 5.91 Å². The Labute approximate surface area is 176 Å². The second-order valence-electron chi connectivity index (χ2n) is 7.09. The fourth-order valence-electron chi connectivity index (χ4n) is 3.75. The van der Waals surface area contributed by atoms with Crippen molar-refractivity contribution in [2.24, 2.45) is 0 Å². The van der Waals surface area contributed by atoms with E-state index in [2.05, 4.69) is 0 Å². The lowest BCUT2D eigenvalue weighted by molar-refractivity contribution is 0.0730. The quantitative estimate of drug-likeness (QED) is 0.629. The molecular weight excluding hydrogens is 400 g/mol. The molecule has 0 atom stereocenters. The molecule has 3 aromatic carbocycles. The van der Waals surface area contributed by atoms with Crippen molar-refractivity contribution >= 4 is 32.4 Å². The van der Waals surface area contributed by atoms with Gasteiger partial charge in [-0.05, 0) is 36.6 Å². The Kier molecular flexibility index (Phi) is 5.85. The number of anilines is 1. The maximum absolute atomic E-state index is 13.4. The second kappa shape index (κ2) is 8.55. The highest BCUT2D eigenvalue weighted by atomic mass is 32.2. The van der Waals surface area contributed by atoms with Gasteiger partial charge in [-0.15, -0.1) is 0 Å². The average Bonchev–Trinajstić information content (AvgIpc) is 2.80. The van der Waals surface area contributed by atoms with E-state index in [4.69, 9.17) is 4.74 Å². The van der Waals surface area contributed by atoms with Crippen molar-refractivity contribution in [1.29, 1.82) is 0 Å². The molecule has 1 saturated heterocycles. The fourth-order valence-corrected chi connectivity index (χ4v) is 5.20. The molecule has 1 amide bonds. The molecule has 0 aromatic heterocycles. The predicted molar refractivity (Wildman–Crippen MR) is 117 cm³/mol. The maximum Gasteiger partial charge on any atom is 0.258 e. The number of nitrogens with zero attached hydrogens (tertiary/aromatic N) is 2. The van der Waals surface area contributed by atoms with Crippen molar-refractivity contribution in [3.05, 3.63) is 72.3 Å². The highest BCUT2D eigenvalue weighted by Gasteiger charge is 2.27. The monoisotopic (exact) mass is 424 g/mol. The number of morpholine rings is 1. The number of ether oxygens (including phenoxy) is 1. The van der Waals surface area contributed by atoms with Gasteiger partial charge in [0.2, 0.25) is 10.0 Å². The van der Waals surface area contributed by atoms with Gasteiger partial charge in [0.05, 0.1) is 23.8 Å². The SMILES string of the molecule is CCN(C(=O)c1cccc(S(=O)(=O)N2CCOCC2)c1)c1cccc2ccccc12. The molecule has 1 heterocycles. The van der Waals surface area contributed by atoms with Crippen LogP contribution in [0.4, 0.5) is 5.69 Å². The summed E-state index contributed by atoms with van der Waals surface area (Å²) < 4.78 is 32.6. The Morgan fingerprint density at radius 1 is 1.00 bits per heavy atom. The molecule has 1 aliphatic heterocycles. The topological polar surface area (TPSA) is 66.9 Å². The number of carbonyl (C=O) groups excluding carboxylic acids is 1. The molecule has 30 heavy (non-hydrogen) atoms. The summed E-state index contributed by atoms with van der Waals surface area (Å²) in [5.74, 6) is -0.229. The summed E-state index contributed by atoms with van der Waals surface area (Å²) in [5.41, 5.74) is 1.15. The van der Waals surface area contributed by atoms with Gasteiger partial charge in [-0.25, -0.2) is 8.42 Å². The van der Waals surface area contributed by atoms with Crippen LogP contribution in [0.2, 0.25) is 0 Å². The van der Waals surface area contributed by atoms with E-state index in [-0.39, 0.29) is 10.8 Å². The minimum Gasteiger partial charge on any atom is -0.379 e. The molecule has 0 aliphatic carbocycles. The first kappa shape index (κ1) is 20.5. The summed E-state index contributed by atoms with van der Waals surface area (Å²) in [7, 11) is -3.67. The van der Waals surface area contributed by atoms with Gasteiger partial charge in [-0.1, -0.05) is 42.5 Å². The Morgan fingerprint density at radius 2 is 1.70 bits per heavy atom. The third-order valence-electron chi connectivity index (χ3n) is 5.31. The zero-order valence-corrected chi connectivity index (χ0v) is 17.6. The van der Waals surface area contributed by atoms with Crippen molar-refractivity contribution in [1.82, 2.24) is 4.31 Å². The Morgan fingerprint density at radius 3 is 2.47 bits per heavy atom. The van der Waals surface area contributed by atoms with Crippen molar-refractivity contribution < 1.29 is 17.9 Å². The minimum absolute atomic E-state index is 0.129. The molecule has 4 rings (SSSR count). The van der Waals surface area contributed by atoms with E-state index in [1.165, 1.54) is 16.4 Å². The lowest BCUT2D eigenvalue weighted by Crippen LogP contribution is -2.40. The van der Waals surface area contributed by atoms with Crippen LogP contribution in [-0.2, 0) is 14.8 Å². The summed E-state index contributed by atoms with van der Waals surface area (Å²) >= 11 is 0. The van der Waals surface area contributed by atoms with E-state index in [9.17, 15) is 13.2 Å². The van der Waals surface area contributed by atoms with Crippen molar-refractivity contribution in [3.63, 3.8) is 0 Å². The molecule has 1 aliphatic rings. The number of carbonyl (C=O) groups is 1. The van der Waals surface area contributed by atoms with Gasteiger partial charge in [0.15, 0.2) is 0 Å². The third-order valence-corrected chi connectivity index (χ3v) is 7.20. The van der Waals surface area contributed by atoms with Crippen LogP contribution in [0.25, 0.3) is 10.8 Å². The van der Waals surface area contributed by atoms with Crippen molar-refractivity contribution in [2.45, 2.75) is 11.8 Å². The smallest absolute Gasteiger partial charge is 0.258 e. The summed E-state index contributed by atoms with van der Waals surface area (Å²) in [6.07, 6.45) is 0. The third kappa shape index (κ3) is 3.84. The molecule has 0 bridgehead atoms. The zero-order chi connectivity index (χ0) is 21.1. The maximum atomic E-state index is 13.4. The van der Waals surface area contributed by atoms with E-state index in [0.29, 0.717) is 38.4 Å². The largest absolute Gasteiger partial charge is 0.379 e. The van der Waals surface area contributed by atoms with Crippen LogP contribution in [0, 0.1) is 0 Å². The normalized spacial score (nSPS) is 15.2.